The molecular formula is C25H22N2O3. The van der Waals surface area contributed by atoms with E-state index in [1.165, 1.54) is 0 Å². The summed E-state index contributed by atoms with van der Waals surface area (Å²) in [7, 11) is 3.21. The van der Waals surface area contributed by atoms with E-state index in [0.717, 1.165) is 16.8 Å². The molecule has 30 heavy (non-hydrogen) atoms. The van der Waals surface area contributed by atoms with E-state index in [9.17, 15) is 4.79 Å². The molecule has 1 aromatic heterocycles. The Hall–Kier alpha value is -3.86. The first-order chi connectivity index (χ1) is 14.6. The lowest BCUT2D eigenvalue weighted by Crippen LogP contribution is -2.22. The number of aromatic nitrogens is 2. The maximum Gasteiger partial charge on any atom is 0.266 e. The standard InChI is InChI=1S/C25H22N2O3/c1-17-8-12-19(13-9-17)27-24(26-21-7-5-4-6-20(21)25(27)28)15-11-18-10-14-22(29-2)23(16-18)30-3/h4-16H,1-3H3. The Bertz CT molecular complexity index is 1290. The monoisotopic (exact) mass is 398 g/mol. The third-order valence-electron chi connectivity index (χ3n) is 4.93. The number of benzene rings is 3. The second-order valence-electron chi connectivity index (χ2n) is 6.91. The van der Waals surface area contributed by atoms with Crippen LogP contribution in [0.15, 0.2) is 71.5 Å². The van der Waals surface area contributed by atoms with Crippen molar-refractivity contribution in [1.29, 1.82) is 0 Å². The molecule has 0 unspecified atom stereocenters. The van der Waals surface area contributed by atoms with Crippen LogP contribution in [-0.2, 0) is 0 Å². The van der Waals surface area contributed by atoms with Crippen molar-refractivity contribution in [1.82, 2.24) is 9.55 Å². The van der Waals surface area contributed by atoms with Gasteiger partial charge in [0.2, 0.25) is 0 Å². The average molecular weight is 398 g/mol. The van der Waals surface area contributed by atoms with Crippen molar-refractivity contribution in [3.05, 3.63) is 94.0 Å². The lowest BCUT2D eigenvalue weighted by atomic mass is 10.1. The van der Waals surface area contributed by atoms with Gasteiger partial charge in [-0.3, -0.25) is 9.36 Å². The topological polar surface area (TPSA) is 53.3 Å². The second-order valence-corrected chi connectivity index (χ2v) is 6.91. The third-order valence-corrected chi connectivity index (χ3v) is 4.93. The molecule has 0 aliphatic rings. The van der Waals surface area contributed by atoms with Crippen LogP contribution in [0, 0.1) is 6.92 Å². The van der Waals surface area contributed by atoms with Gasteiger partial charge in [0.1, 0.15) is 5.82 Å². The summed E-state index contributed by atoms with van der Waals surface area (Å²) in [6.07, 6.45) is 3.75. The van der Waals surface area contributed by atoms with Gasteiger partial charge >= 0.3 is 0 Å². The predicted octanol–water partition coefficient (Wildman–Crippen LogP) is 4.88. The van der Waals surface area contributed by atoms with E-state index in [4.69, 9.17) is 14.5 Å². The number of hydrogen-bond donors (Lipinski definition) is 0. The number of fused-ring (bicyclic) bond motifs is 1. The highest BCUT2D eigenvalue weighted by molar-refractivity contribution is 5.80. The predicted molar refractivity (Wildman–Crippen MR) is 121 cm³/mol. The minimum atomic E-state index is -0.101. The number of rotatable bonds is 5. The molecule has 0 atom stereocenters. The molecule has 0 spiro atoms. The van der Waals surface area contributed by atoms with Gasteiger partial charge in [-0.1, -0.05) is 42.0 Å². The molecule has 4 aromatic rings. The number of para-hydroxylation sites is 1. The van der Waals surface area contributed by atoms with Crippen LogP contribution in [0.5, 0.6) is 11.5 Å². The summed E-state index contributed by atoms with van der Waals surface area (Å²) < 4.78 is 12.3. The normalized spacial score (nSPS) is 11.2. The van der Waals surface area contributed by atoms with Crippen LogP contribution in [0.4, 0.5) is 0 Å². The van der Waals surface area contributed by atoms with Crippen molar-refractivity contribution in [3.63, 3.8) is 0 Å². The fourth-order valence-corrected chi connectivity index (χ4v) is 3.33. The zero-order valence-electron chi connectivity index (χ0n) is 17.1. The van der Waals surface area contributed by atoms with Gasteiger partial charge in [-0.2, -0.15) is 0 Å². The van der Waals surface area contributed by atoms with Crippen molar-refractivity contribution < 1.29 is 9.47 Å². The van der Waals surface area contributed by atoms with E-state index in [0.29, 0.717) is 28.2 Å². The van der Waals surface area contributed by atoms with Crippen LogP contribution >= 0.6 is 0 Å². The summed E-state index contributed by atoms with van der Waals surface area (Å²) in [6.45, 7) is 2.02. The minimum absolute atomic E-state index is 0.101. The maximum absolute atomic E-state index is 13.3. The molecule has 1 heterocycles. The zero-order valence-corrected chi connectivity index (χ0v) is 17.1. The number of ether oxygens (including phenoxy) is 2. The molecular weight excluding hydrogens is 376 g/mol. The van der Waals surface area contributed by atoms with Gasteiger partial charge in [0.25, 0.3) is 5.56 Å². The van der Waals surface area contributed by atoms with E-state index in [2.05, 4.69) is 0 Å². The Morgan fingerprint density at radius 3 is 2.33 bits per heavy atom. The van der Waals surface area contributed by atoms with E-state index < -0.39 is 0 Å². The molecule has 0 saturated heterocycles. The first-order valence-electron chi connectivity index (χ1n) is 9.59. The molecule has 5 heteroatoms. The average Bonchev–Trinajstić information content (AvgIpc) is 2.78. The van der Waals surface area contributed by atoms with Gasteiger partial charge in [-0.05, 0) is 55.0 Å². The molecule has 0 aliphatic carbocycles. The Balaban J connectivity index is 1.87. The van der Waals surface area contributed by atoms with E-state index in [-0.39, 0.29) is 5.56 Å². The Labute approximate surface area is 174 Å². The second kappa shape index (κ2) is 8.25. The minimum Gasteiger partial charge on any atom is -0.493 e. The molecule has 0 bridgehead atoms. The largest absolute Gasteiger partial charge is 0.493 e. The van der Waals surface area contributed by atoms with Crippen molar-refractivity contribution >= 4 is 23.1 Å². The smallest absolute Gasteiger partial charge is 0.266 e. The fourth-order valence-electron chi connectivity index (χ4n) is 3.33. The van der Waals surface area contributed by atoms with Crippen LogP contribution < -0.4 is 15.0 Å². The van der Waals surface area contributed by atoms with Crippen molar-refractivity contribution in [2.75, 3.05) is 14.2 Å². The third kappa shape index (κ3) is 3.70. The molecule has 0 N–H and O–H groups in total. The summed E-state index contributed by atoms with van der Waals surface area (Å²) >= 11 is 0. The van der Waals surface area contributed by atoms with Crippen LogP contribution in [0.1, 0.15) is 17.0 Å². The van der Waals surface area contributed by atoms with Gasteiger partial charge in [-0.25, -0.2) is 4.98 Å². The van der Waals surface area contributed by atoms with Crippen LogP contribution in [0.3, 0.4) is 0 Å². The van der Waals surface area contributed by atoms with Crippen molar-refractivity contribution in [2.24, 2.45) is 0 Å². The number of methoxy groups -OCH3 is 2. The summed E-state index contributed by atoms with van der Waals surface area (Å²) in [6, 6.07) is 20.9. The van der Waals surface area contributed by atoms with Gasteiger partial charge in [0.15, 0.2) is 11.5 Å². The van der Waals surface area contributed by atoms with E-state index in [1.54, 1.807) is 24.9 Å². The lowest BCUT2D eigenvalue weighted by Gasteiger charge is -2.12. The zero-order chi connectivity index (χ0) is 21.1. The molecule has 0 aliphatic heterocycles. The summed E-state index contributed by atoms with van der Waals surface area (Å²) in [4.78, 5) is 18.0. The summed E-state index contributed by atoms with van der Waals surface area (Å²) in [5.74, 6) is 1.86. The summed E-state index contributed by atoms with van der Waals surface area (Å²) in [5, 5.41) is 0.585. The fraction of sp³-hybridized carbons (Fsp3) is 0.120. The highest BCUT2D eigenvalue weighted by atomic mass is 16.5. The highest BCUT2D eigenvalue weighted by Crippen LogP contribution is 2.28. The first-order valence-corrected chi connectivity index (χ1v) is 9.59. The summed E-state index contributed by atoms with van der Waals surface area (Å²) in [5.41, 5.74) is 3.37. The van der Waals surface area contributed by atoms with Gasteiger partial charge in [-0.15, -0.1) is 0 Å². The van der Waals surface area contributed by atoms with E-state index >= 15 is 0 Å². The van der Waals surface area contributed by atoms with Crippen molar-refractivity contribution in [2.45, 2.75) is 6.92 Å². The van der Waals surface area contributed by atoms with Crippen molar-refractivity contribution in [3.8, 4) is 17.2 Å². The molecule has 5 nitrogen and oxygen atoms in total. The maximum atomic E-state index is 13.3. The van der Waals surface area contributed by atoms with Crippen LogP contribution in [0.25, 0.3) is 28.7 Å². The molecule has 0 saturated carbocycles. The number of hydrogen-bond acceptors (Lipinski definition) is 4. The number of nitrogens with zero attached hydrogens (tertiary/aromatic N) is 2. The highest BCUT2D eigenvalue weighted by Gasteiger charge is 2.11. The first kappa shape index (κ1) is 19.5. The molecule has 3 aromatic carbocycles. The Morgan fingerprint density at radius 2 is 1.60 bits per heavy atom. The van der Waals surface area contributed by atoms with Gasteiger partial charge < -0.3 is 9.47 Å². The Kier molecular flexibility index (Phi) is 5.35. The lowest BCUT2D eigenvalue weighted by molar-refractivity contribution is 0.355. The molecule has 150 valence electrons. The molecule has 4 rings (SSSR count). The SMILES string of the molecule is COc1ccc(C=Cc2nc3ccccc3c(=O)n2-c2ccc(C)cc2)cc1OC. The Morgan fingerprint density at radius 1 is 0.867 bits per heavy atom. The van der Waals surface area contributed by atoms with Gasteiger partial charge in [0, 0.05) is 0 Å². The molecule has 0 fully saturated rings. The van der Waals surface area contributed by atoms with Crippen LogP contribution in [-0.4, -0.2) is 23.8 Å². The van der Waals surface area contributed by atoms with Crippen LogP contribution in [0.2, 0.25) is 0 Å². The van der Waals surface area contributed by atoms with E-state index in [1.807, 2.05) is 79.7 Å². The molecule has 0 radical (unpaired) electrons. The van der Waals surface area contributed by atoms with Gasteiger partial charge in [0.05, 0.1) is 30.8 Å². The quantitative estimate of drug-likeness (QED) is 0.481. The molecule has 0 amide bonds. The number of aryl methyl sites for hydroxylation is 1.